The van der Waals surface area contributed by atoms with Crippen LogP contribution in [0.5, 0.6) is 0 Å². The van der Waals surface area contributed by atoms with Crippen molar-refractivity contribution in [2.45, 2.75) is 208 Å². The molecule has 344 valence electrons. The number of hydrogen-bond acceptors (Lipinski definition) is 9. The molecule has 8 aliphatic rings. The van der Waals surface area contributed by atoms with E-state index < -0.39 is 17.9 Å². The minimum atomic E-state index is -0.698. The second-order valence-electron chi connectivity index (χ2n) is 24.0. The lowest BCUT2D eigenvalue weighted by atomic mass is 9.44. The molecule has 0 aromatic rings. The topological polar surface area (TPSA) is 143 Å². The van der Waals surface area contributed by atoms with Gasteiger partial charge in [-0.2, -0.15) is 0 Å². The van der Waals surface area contributed by atoms with Crippen LogP contribution in [0.1, 0.15) is 196 Å². The van der Waals surface area contributed by atoms with Gasteiger partial charge >= 0.3 is 17.9 Å². The highest BCUT2D eigenvalue weighted by molar-refractivity contribution is 5.91. The Balaban J connectivity index is 0.742. The van der Waals surface area contributed by atoms with Gasteiger partial charge in [0.15, 0.2) is 0 Å². The Labute approximate surface area is 367 Å². The van der Waals surface area contributed by atoms with Crippen LogP contribution < -0.4 is 0 Å². The summed E-state index contributed by atoms with van der Waals surface area (Å²) in [5.41, 5.74) is 1.30. The molecule has 0 radical (unpaired) electrons. The second kappa shape index (κ2) is 17.8. The summed E-state index contributed by atoms with van der Waals surface area (Å²) in [5.74, 6) is 5.80. The van der Waals surface area contributed by atoms with Crippen molar-refractivity contribution in [1.82, 2.24) is 0 Å². The van der Waals surface area contributed by atoms with E-state index in [0.29, 0.717) is 59.2 Å². The molecule has 0 saturated heterocycles. The molecule has 0 bridgehead atoms. The third-order valence-corrected chi connectivity index (χ3v) is 21.5. The summed E-state index contributed by atoms with van der Waals surface area (Å²) >= 11 is 0. The van der Waals surface area contributed by atoms with Crippen molar-refractivity contribution in [3.63, 3.8) is 0 Å². The Bertz CT molecular complexity index is 1650. The molecule has 8 aliphatic carbocycles. The molecule has 9 nitrogen and oxygen atoms in total. The summed E-state index contributed by atoms with van der Waals surface area (Å²) in [6, 6.07) is 0. The molecular formula is C52H83NO8. The Hall–Kier alpha value is -2.00. The van der Waals surface area contributed by atoms with Gasteiger partial charge in [-0.15, -0.1) is 0 Å². The van der Waals surface area contributed by atoms with Crippen molar-refractivity contribution in [1.29, 1.82) is 0 Å². The fourth-order valence-electron chi connectivity index (χ4n) is 18.3. The first-order valence-corrected chi connectivity index (χ1v) is 25.5. The zero-order valence-corrected chi connectivity index (χ0v) is 38.9. The maximum Gasteiger partial charge on any atom is 0.313 e. The van der Waals surface area contributed by atoms with Crippen LogP contribution in [0.3, 0.4) is 0 Å². The lowest BCUT2D eigenvalue weighted by Crippen LogP contribution is -2.54. The monoisotopic (exact) mass is 850 g/mol. The smallest absolute Gasteiger partial charge is 0.313 e. The van der Waals surface area contributed by atoms with Crippen LogP contribution in [0, 0.1) is 92.7 Å². The van der Waals surface area contributed by atoms with E-state index >= 15 is 0 Å². The molecule has 3 N–H and O–H groups in total. The number of esters is 3. The van der Waals surface area contributed by atoms with Crippen LogP contribution in [-0.4, -0.2) is 51.4 Å². The number of oxime groups is 1. The molecule has 0 aliphatic heterocycles. The number of carbonyl (C=O) groups is 3. The van der Waals surface area contributed by atoms with Crippen molar-refractivity contribution in [3.8, 4) is 0 Å². The minimum absolute atomic E-state index is 0.115. The quantitative estimate of drug-likeness (QED) is 0.0466. The van der Waals surface area contributed by atoms with E-state index in [2.05, 4.69) is 46.7 Å². The number of fused-ring (bicyclic) bond motifs is 10. The predicted octanol–water partition coefficient (Wildman–Crippen LogP) is 11.0. The molecule has 0 amide bonds. The summed E-state index contributed by atoms with van der Waals surface area (Å²) in [7, 11) is 0. The number of rotatable bonds is 11. The standard InChI is InChI=1S/C52H83NO8/c1-31(39-13-15-41-37-11-9-33-29-35(54)21-25-49(33,3)43(37)23-27-51(39,41)5)7-18-46(56)60-45(53-59)17-20-48(58)61-47(57)19-8-32(2)40-14-16-42-38-12-10-34-30-36(55)22-26-50(34,4)44(38)24-28-52(40,42)6/h31-44,54-55,59H,7-30H2,1-6H3/b53-45-/t31-,32-,33-,34-,35-,36-,37+,38+,39-,40-,41+,42+,43+,44+,49+,50+,51-,52-/m1/s1. The molecule has 8 saturated carbocycles. The minimum Gasteiger partial charge on any atom is -0.408 e. The van der Waals surface area contributed by atoms with Crippen LogP contribution in [0.2, 0.25) is 0 Å². The van der Waals surface area contributed by atoms with Crippen molar-refractivity contribution in [3.05, 3.63) is 0 Å². The highest BCUT2D eigenvalue weighted by Crippen LogP contribution is 2.70. The normalized spacial score (nSPS) is 46.4. The maximum atomic E-state index is 13.0. The fourth-order valence-corrected chi connectivity index (χ4v) is 18.3. The number of aliphatic hydroxyl groups excluding tert-OH is 2. The zero-order chi connectivity index (χ0) is 43.5. The van der Waals surface area contributed by atoms with Crippen molar-refractivity contribution >= 4 is 23.8 Å². The van der Waals surface area contributed by atoms with Gasteiger partial charge in [-0.3, -0.25) is 14.4 Å². The van der Waals surface area contributed by atoms with Gasteiger partial charge in [0.2, 0.25) is 5.90 Å². The Morgan fingerprint density at radius 3 is 1.39 bits per heavy atom. The molecule has 9 heteroatoms. The van der Waals surface area contributed by atoms with Gasteiger partial charge in [-0.1, -0.05) is 46.7 Å². The van der Waals surface area contributed by atoms with Crippen LogP contribution >= 0.6 is 0 Å². The highest BCUT2D eigenvalue weighted by atomic mass is 16.6. The molecule has 8 rings (SSSR count). The first-order valence-electron chi connectivity index (χ1n) is 25.5. The molecule has 0 aromatic carbocycles. The van der Waals surface area contributed by atoms with Gasteiger partial charge in [-0.25, -0.2) is 0 Å². The first-order chi connectivity index (χ1) is 29.0. The number of aliphatic hydroxyl groups is 2. The van der Waals surface area contributed by atoms with Crippen LogP contribution in [0.25, 0.3) is 0 Å². The van der Waals surface area contributed by atoms with Gasteiger partial charge in [0.05, 0.1) is 18.6 Å². The van der Waals surface area contributed by atoms with Crippen LogP contribution in [0.15, 0.2) is 5.16 Å². The maximum absolute atomic E-state index is 13.0. The summed E-state index contributed by atoms with van der Waals surface area (Å²) < 4.78 is 10.6. The van der Waals surface area contributed by atoms with Crippen LogP contribution in [-0.2, 0) is 23.9 Å². The molecule has 61 heavy (non-hydrogen) atoms. The number of hydrogen-bond donors (Lipinski definition) is 3. The molecule has 0 spiro atoms. The van der Waals surface area contributed by atoms with Gasteiger partial charge in [-0.05, 0) is 221 Å². The molecular weight excluding hydrogens is 767 g/mol. The zero-order valence-electron chi connectivity index (χ0n) is 38.9. The van der Waals surface area contributed by atoms with Crippen LogP contribution in [0.4, 0.5) is 0 Å². The van der Waals surface area contributed by atoms with Crippen molar-refractivity contribution in [2.24, 2.45) is 97.8 Å². The third-order valence-electron chi connectivity index (χ3n) is 21.5. The van der Waals surface area contributed by atoms with Gasteiger partial charge < -0.3 is 24.9 Å². The van der Waals surface area contributed by atoms with E-state index in [1.807, 2.05) is 0 Å². The summed E-state index contributed by atoms with van der Waals surface area (Å²) in [6.07, 6.45) is 22.6. The average Bonchev–Trinajstić information content (AvgIpc) is 3.78. The first kappa shape index (κ1) is 45.6. The van der Waals surface area contributed by atoms with Gasteiger partial charge in [0, 0.05) is 19.3 Å². The van der Waals surface area contributed by atoms with E-state index in [1.54, 1.807) is 0 Å². The second-order valence-corrected chi connectivity index (χ2v) is 24.0. The largest absolute Gasteiger partial charge is 0.408 e. The fraction of sp³-hybridized carbons (Fsp3) is 0.923. The lowest BCUT2D eigenvalue weighted by Gasteiger charge is -2.61. The summed E-state index contributed by atoms with van der Waals surface area (Å²) in [6.45, 7) is 14.7. The third kappa shape index (κ3) is 8.42. The number of nitrogens with zero attached hydrogens (tertiary/aromatic N) is 1. The van der Waals surface area contributed by atoms with E-state index in [0.717, 1.165) is 61.2 Å². The Morgan fingerprint density at radius 1 is 0.525 bits per heavy atom. The SMILES string of the molecule is C[C@H](CCC(=O)OC(=O)CC/C(=N/O)OC(=O)CC[C@@H](C)[C@H]1CC[C@H]2[C@@H]3CC[C@@H]4C[C@H](O)CC[C@]4(C)[C@H]3CC[C@]12C)[C@H]1CC[C@H]2[C@@H]3CC[C@@H]4C[C@H](O)CC[C@]4(C)[C@H]3CC[C@]12C. The predicted molar refractivity (Wildman–Crippen MR) is 235 cm³/mol. The molecule has 0 aromatic heterocycles. The highest BCUT2D eigenvalue weighted by Gasteiger charge is 2.62. The summed E-state index contributed by atoms with van der Waals surface area (Å²) in [5, 5.41) is 33.7. The number of ether oxygens (including phenoxy) is 2. The Kier molecular flexibility index (Phi) is 13.3. The van der Waals surface area contributed by atoms with Crippen molar-refractivity contribution < 1.29 is 39.3 Å². The van der Waals surface area contributed by atoms with E-state index in [-0.39, 0.29) is 54.6 Å². The van der Waals surface area contributed by atoms with Gasteiger partial charge in [0.25, 0.3) is 0 Å². The molecule has 0 heterocycles. The Morgan fingerprint density at radius 2 is 0.934 bits per heavy atom. The van der Waals surface area contributed by atoms with E-state index in [1.165, 1.54) is 89.9 Å². The van der Waals surface area contributed by atoms with Crippen molar-refractivity contribution in [2.75, 3.05) is 0 Å². The molecule has 18 atom stereocenters. The van der Waals surface area contributed by atoms with E-state index in [9.17, 15) is 29.8 Å². The average molecular weight is 850 g/mol. The molecule has 0 unspecified atom stereocenters. The number of carbonyl (C=O) groups excluding carboxylic acids is 3. The van der Waals surface area contributed by atoms with Gasteiger partial charge in [0.1, 0.15) is 0 Å². The molecule has 8 fully saturated rings. The lowest BCUT2D eigenvalue weighted by molar-refractivity contribution is -0.160. The van der Waals surface area contributed by atoms with E-state index in [4.69, 9.17) is 9.47 Å². The summed E-state index contributed by atoms with van der Waals surface area (Å²) in [4.78, 5) is 38.6.